The first kappa shape index (κ1) is 21.9. The van der Waals surface area contributed by atoms with Crippen LogP contribution in [0.4, 0.5) is 10.5 Å². The van der Waals surface area contributed by atoms with Crippen LogP contribution in [0.5, 0.6) is 0 Å². The summed E-state index contributed by atoms with van der Waals surface area (Å²) in [6.45, 7) is 20.0. The van der Waals surface area contributed by atoms with Gasteiger partial charge in [0.15, 0.2) is 0 Å². The highest BCUT2D eigenvalue weighted by Gasteiger charge is 2.41. The molecule has 0 heterocycles. The molecule has 0 spiro atoms. The number of anilines is 1. The number of amides is 1. The van der Waals surface area contributed by atoms with Crippen LogP contribution in [0.3, 0.4) is 0 Å². The van der Waals surface area contributed by atoms with Gasteiger partial charge in [0.2, 0.25) is 8.32 Å². The van der Waals surface area contributed by atoms with Crippen LogP contribution in [0.1, 0.15) is 26.3 Å². The Hall–Kier alpha value is -1.12. The Bertz CT molecular complexity index is 572. The van der Waals surface area contributed by atoms with Crippen molar-refractivity contribution in [2.75, 3.05) is 11.7 Å². The Morgan fingerprint density at radius 2 is 1.56 bits per heavy atom. The second-order valence-electron chi connectivity index (χ2n) is 9.41. The molecule has 25 heavy (non-hydrogen) atoms. The van der Waals surface area contributed by atoms with Crippen molar-refractivity contribution in [1.29, 1.82) is 0 Å². The van der Waals surface area contributed by atoms with E-state index < -0.39 is 22.5 Å². The summed E-state index contributed by atoms with van der Waals surface area (Å²) in [5.41, 5.74) is 1.86. The minimum Gasteiger partial charge on any atom is -0.448 e. The summed E-state index contributed by atoms with van der Waals surface area (Å²) >= 11 is 0. The van der Waals surface area contributed by atoms with Crippen LogP contribution < -0.4 is 5.06 Å². The minimum atomic E-state index is -2.17. The molecule has 0 aliphatic carbocycles. The Kier molecular flexibility index (Phi) is 7.07. The smallest absolute Gasteiger partial charge is 0.437 e. The SMILES string of the molecule is Cc1ccc(N(O[Si](C)(C)C(C)(C)C)C(=O)OCC[Si](C)(C)C)cc1. The fraction of sp³-hybridized carbons (Fsp3) is 0.632. The van der Waals surface area contributed by atoms with E-state index in [1.807, 2.05) is 31.2 Å². The number of nitrogens with zero attached hydrogens (tertiary/aromatic N) is 1. The summed E-state index contributed by atoms with van der Waals surface area (Å²) < 4.78 is 11.8. The molecule has 1 amide bonds. The molecule has 0 N–H and O–H groups in total. The van der Waals surface area contributed by atoms with E-state index in [0.717, 1.165) is 11.6 Å². The average Bonchev–Trinajstić information content (AvgIpc) is 2.43. The monoisotopic (exact) mass is 381 g/mol. The third-order valence-corrected chi connectivity index (χ3v) is 10.6. The van der Waals surface area contributed by atoms with E-state index in [0.29, 0.717) is 12.3 Å². The number of benzene rings is 1. The average molecular weight is 382 g/mol. The molecule has 0 aliphatic heterocycles. The highest BCUT2D eigenvalue weighted by Crippen LogP contribution is 2.38. The molecule has 142 valence electrons. The van der Waals surface area contributed by atoms with Crippen molar-refractivity contribution in [1.82, 2.24) is 0 Å². The first-order chi connectivity index (χ1) is 11.2. The van der Waals surface area contributed by atoms with Gasteiger partial charge in [0.25, 0.3) is 0 Å². The first-order valence-corrected chi connectivity index (χ1v) is 15.6. The summed E-state index contributed by atoms with van der Waals surface area (Å²) in [4.78, 5) is 12.7. The van der Waals surface area contributed by atoms with E-state index in [2.05, 4.69) is 53.5 Å². The van der Waals surface area contributed by atoms with Gasteiger partial charge in [-0.1, -0.05) is 58.1 Å². The van der Waals surface area contributed by atoms with E-state index in [4.69, 9.17) is 9.26 Å². The standard InChI is InChI=1S/C19H35NO3Si2/c1-16-10-12-17(13-11-16)20(23-25(8,9)19(2,3)4)18(21)22-14-15-24(5,6)7/h10-13H,14-15H2,1-9H3. The minimum absolute atomic E-state index is 0.00541. The van der Waals surface area contributed by atoms with Crippen molar-refractivity contribution in [2.45, 2.75) is 71.5 Å². The van der Waals surface area contributed by atoms with Crippen LogP contribution in [0.25, 0.3) is 0 Å². The quantitative estimate of drug-likeness (QED) is 0.434. The Balaban J connectivity index is 2.99. The van der Waals surface area contributed by atoms with E-state index >= 15 is 0 Å². The largest absolute Gasteiger partial charge is 0.448 e. The van der Waals surface area contributed by atoms with Crippen LogP contribution in [0.2, 0.25) is 43.8 Å². The predicted molar refractivity (Wildman–Crippen MR) is 111 cm³/mol. The van der Waals surface area contributed by atoms with Crippen LogP contribution in [-0.4, -0.2) is 29.1 Å². The lowest BCUT2D eigenvalue weighted by Crippen LogP contribution is -2.49. The zero-order valence-electron chi connectivity index (χ0n) is 17.4. The van der Waals surface area contributed by atoms with Crippen molar-refractivity contribution in [3.63, 3.8) is 0 Å². The molecule has 0 saturated heterocycles. The molecule has 6 heteroatoms. The van der Waals surface area contributed by atoms with Crippen LogP contribution in [0, 0.1) is 6.92 Å². The number of aryl methyl sites for hydroxylation is 1. The summed E-state index contributed by atoms with van der Waals surface area (Å²) in [5, 5.41) is 1.36. The summed E-state index contributed by atoms with van der Waals surface area (Å²) in [7, 11) is -3.42. The highest BCUT2D eigenvalue weighted by molar-refractivity contribution is 6.76. The van der Waals surface area contributed by atoms with E-state index in [1.165, 1.54) is 5.06 Å². The molecule has 0 radical (unpaired) electrons. The fourth-order valence-electron chi connectivity index (χ4n) is 1.74. The maximum atomic E-state index is 12.7. The second kappa shape index (κ2) is 8.06. The van der Waals surface area contributed by atoms with E-state index in [-0.39, 0.29) is 5.04 Å². The number of hydrogen-bond acceptors (Lipinski definition) is 3. The van der Waals surface area contributed by atoms with Gasteiger partial charge in [0, 0.05) is 8.07 Å². The second-order valence-corrected chi connectivity index (χ2v) is 19.7. The zero-order chi connectivity index (χ0) is 19.5. The molecule has 0 aromatic heterocycles. The molecular formula is C19H35NO3Si2. The lowest BCUT2D eigenvalue weighted by atomic mass is 10.2. The van der Waals surface area contributed by atoms with Crippen molar-refractivity contribution in [3.8, 4) is 0 Å². The highest BCUT2D eigenvalue weighted by atomic mass is 28.4. The number of rotatable bonds is 6. The van der Waals surface area contributed by atoms with Gasteiger partial charge in [-0.3, -0.25) is 0 Å². The number of carbonyl (C=O) groups excluding carboxylic acids is 1. The summed E-state index contributed by atoms with van der Waals surface area (Å²) in [6.07, 6.45) is -0.424. The maximum absolute atomic E-state index is 12.7. The fourth-order valence-corrected chi connectivity index (χ4v) is 3.37. The number of hydrogen-bond donors (Lipinski definition) is 0. The normalized spacial score (nSPS) is 12.8. The molecule has 1 aromatic rings. The van der Waals surface area contributed by atoms with Gasteiger partial charge in [0.1, 0.15) is 0 Å². The molecule has 4 nitrogen and oxygen atoms in total. The molecule has 0 saturated carbocycles. The maximum Gasteiger partial charge on any atom is 0.437 e. The van der Waals surface area contributed by atoms with Crippen LogP contribution in [0.15, 0.2) is 24.3 Å². The molecule has 0 atom stereocenters. The van der Waals surface area contributed by atoms with Gasteiger partial charge < -0.3 is 9.26 Å². The van der Waals surface area contributed by atoms with E-state index in [9.17, 15) is 4.79 Å². The van der Waals surface area contributed by atoms with Crippen LogP contribution in [-0.2, 0) is 9.26 Å². The van der Waals surface area contributed by atoms with Gasteiger partial charge in [-0.25, -0.2) is 4.79 Å². The third-order valence-electron chi connectivity index (χ3n) is 4.64. The molecule has 0 unspecified atom stereocenters. The van der Waals surface area contributed by atoms with Crippen LogP contribution >= 0.6 is 0 Å². The number of hydroxylamine groups is 1. The molecule has 0 aliphatic rings. The van der Waals surface area contributed by atoms with E-state index in [1.54, 1.807) is 0 Å². The Morgan fingerprint density at radius 3 is 2.00 bits per heavy atom. The third kappa shape index (κ3) is 6.95. The Labute approximate surface area is 155 Å². The van der Waals surface area contributed by atoms with Crippen molar-refractivity contribution < 1.29 is 14.1 Å². The lowest BCUT2D eigenvalue weighted by Gasteiger charge is -2.39. The number of ether oxygens (including phenoxy) is 1. The van der Waals surface area contributed by atoms with Gasteiger partial charge in [0.05, 0.1) is 12.3 Å². The van der Waals surface area contributed by atoms with Crippen molar-refractivity contribution in [2.24, 2.45) is 0 Å². The predicted octanol–water partition coefficient (Wildman–Crippen LogP) is 6.21. The first-order valence-electron chi connectivity index (χ1n) is 8.96. The molecule has 0 fully saturated rings. The van der Waals surface area contributed by atoms with Gasteiger partial charge in [-0.2, -0.15) is 5.06 Å². The molecule has 0 bridgehead atoms. The lowest BCUT2D eigenvalue weighted by molar-refractivity contribution is 0.127. The topological polar surface area (TPSA) is 38.8 Å². The van der Waals surface area contributed by atoms with Gasteiger partial charge in [-0.15, -0.1) is 0 Å². The van der Waals surface area contributed by atoms with Crippen molar-refractivity contribution in [3.05, 3.63) is 29.8 Å². The van der Waals surface area contributed by atoms with Gasteiger partial charge >= 0.3 is 6.09 Å². The molecule has 1 aromatic carbocycles. The number of carbonyl (C=O) groups is 1. The zero-order valence-corrected chi connectivity index (χ0v) is 19.4. The Morgan fingerprint density at radius 1 is 1.04 bits per heavy atom. The van der Waals surface area contributed by atoms with Gasteiger partial charge in [-0.05, 0) is 43.2 Å². The van der Waals surface area contributed by atoms with Crippen molar-refractivity contribution >= 4 is 28.2 Å². The summed E-state index contributed by atoms with van der Waals surface area (Å²) in [6, 6.07) is 8.71. The summed E-state index contributed by atoms with van der Waals surface area (Å²) in [5.74, 6) is 0. The molecular weight excluding hydrogens is 346 g/mol. The molecule has 1 rings (SSSR count).